The monoisotopic (exact) mass is 536 g/mol. The molecule has 9 heteroatoms. The predicted molar refractivity (Wildman–Crippen MR) is 149 cm³/mol. The van der Waals surface area contributed by atoms with Crippen LogP contribution in [0.3, 0.4) is 0 Å². The summed E-state index contributed by atoms with van der Waals surface area (Å²) in [7, 11) is 3.68. The summed E-state index contributed by atoms with van der Waals surface area (Å²) in [6, 6.07) is 3.66. The van der Waals surface area contributed by atoms with E-state index in [9.17, 15) is 13.2 Å². The van der Waals surface area contributed by atoms with Gasteiger partial charge in [0, 0.05) is 39.1 Å². The van der Waals surface area contributed by atoms with Gasteiger partial charge >= 0.3 is 0 Å². The molecule has 8 nitrogen and oxygen atoms in total. The lowest BCUT2D eigenvalue weighted by Gasteiger charge is -2.39. The first-order valence-electron chi connectivity index (χ1n) is 13.8. The van der Waals surface area contributed by atoms with E-state index >= 15 is 0 Å². The summed E-state index contributed by atoms with van der Waals surface area (Å²) >= 11 is 0. The highest BCUT2D eigenvalue weighted by Crippen LogP contribution is 2.36. The zero-order valence-electron chi connectivity index (χ0n) is 23.8. The second-order valence-electron chi connectivity index (χ2n) is 11.3. The average molecular weight is 537 g/mol. The van der Waals surface area contributed by atoms with Crippen molar-refractivity contribution in [3.8, 4) is 5.75 Å². The van der Waals surface area contributed by atoms with Gasteiger partial charge < -0.3 is 19.9 Å². The third-order valence-corrected chi connectivity index (χ3v) is 10.5. The molecule has 2 fully saturated rings. The fraction of sp³-hybridized carbons (Fsp3) is 0.750. The van der Waals surface area contributed by atoms with Crippen molar-refractivity contribution in [1.29, 1.82) is 0 Å². The fourth-order valence-corrected chi connectivity index (χ4v) is 7.57. The number of rotatable bonds is 11. The Balaban J connectivity index is 1.41. The Hall–Kier alpha value is -1.68. The minimum Gasteiger partial charge on any atom is -0.497 e. The van der Waals surface area contributed by atoms with E-state index in [1.807, 2.05) is 0 Å². The standard InChI is InChI=1S/C28H48N4O4S/c1-21-19-26(36-6)20-22(2)28(21)37(34,35)31(5)14-13-27(33)29-25-9-7-23(8-10-25)24-11-15-32(16-12-24)18-17-30(3)4/h19-20,23-25H,7-18H2,1-6H3,(H,29,33). The number of methoxy groups -OCH3 is 1. The number of amides is 1. The van der Waals surface area contributed by atoms with Gasteiger partial charge in [-0.1, -0.05) is 0 Å². The molecule has 1 saturated carbocycles. The van der Waals surface area contributed by atoms with E-state index in [0.29, 0.717) is 16.9 Å². The van der Waals surface area contributed by atoms with E-state index in [1.54, 1.807) is 40.1 Å². The Morgan fingerprint density at radius 2 is 1.54 bits per heavy atom. The third-order valence-electron chi connectivity index (χ3n) is 8.29. The summed E-state index contributed by atoms with van der Waals surface area (Å²) in [4.78, 5) is 17.8. The molecule has 1 N–H and O–H groups in total. The van der Waals surface area contributed by atoms with Crippen LogP contribution < -0.4 is 10.1 Å². The normalized spacial score (nSPS) is 21.9. The van der Waals surface area contributed by atoms with Crippen LogP contribution in [0, 0.1) is 25.7 Å². The molecule has 1 aliphatic heterocycles. The molecule has 1 heterocycles. The molecule has 37 heavy (non-hydrogen) atoms. The molecule has 1 amide bonds. The molecule has 210 valence electrons. The number of carbonyl (C=O) groups is 1. The highest BCUT2D eigenvalue weighted by Gasteiger charge is 2.31. The molecule has 1 aliphatic carbocycles. The Labute approximate surface area is 224 Å². The molecular weight excluding hydrogens is 488 g/mol. The average Bonchev–Trinajstić information content (AvgIpc) is 2.86. The summed E-state index contributed by atoms with van der Waals surface area (Å²) in [5, 5.41) is 3.17. The van der Waals surface area contributed by atoms with Crippen molar-refractivity contribution in [2.75, 3.05) is 61.0 Å². The van der Waals surface area contributed by atoms with Gasteiger partial charge in [0.15, 0.2) is 0 Å². The maximum absolute atomic E-state index is 13.2. The maximum atomic E-state index is 13.2. The molecule has 3 rings (SSSR count). The number of ether oxygens (including phenoxy) is 1. The first-order chi connectivity index (χ1) is 17.5. The van der Waals surface area contributed by atoms with Gasteiger partial charge in [-0.05, 0) is 115 Å². The Morgan fingerprint density at radius 3 is 2.08 bits per heavy atom. The van der Waals surface area contributed by atoms with Crippen LogP contribution in [0.15, 0.2) is 17.0 Å². The Morgan fingerprint density at radius 1 is 0.973 bits per heavy atom. The summed E-state index contributed by atoms with van der Waals surface area (Å²) in [5.74, 6) is 2.16. The molecule has 0 unspecified atom stereocenters. The van der Waals surface area contributed by atoms with Crippen molar-refractivity contribution in [3.63, 3.8) is 0 Å². The number of likely N-dealkylation sites (N-methyl/N-ethyl adjacent to an activating group) is 1. The van der Waals surface area contributed by atoms with Crippen LogP contribution in [0.25, 0.3) is 0 Å². The minimum atomic E-state index is -3.69. The van der Waals surface area contributed by atoms with E-state index in [1.165, 1.54) is 43.1 Å². The Kier molecular flexibility index (Phi) is 10.8. The molecule has 1 saturated heterocycles. The number of nitrogens with zero attached hydrogens (tertiary/aromatic N) is 3. The number of benzene rings is 1. The van der Waals surface area contributed by atoms with E-state index in [4.69, 9.17) is 4.74 Å². The molecule has 0 aromatic heterocycles. The van der Waals surface area contributed by atoms with Gasteiger partial charge in [0.05, 0.1) is 12.0 Å². The number of aryl methyl sites for hydroxylation is 2. The molecule has 1 aromatic rings. The first-order valence-corrected chi connectivity index (χ1v) is 15.2. The second kappa shape index (κ2) is 13.4. The van der Waals surface area contributed by atoms with Gasteiger partial charge in [-0.2, -0.15) is 0 Å². The van der Waals surface area contributed by atoms with Crippen LogP contribution in [-0.2, 0) is 14.8 Å². The number of sulfonamides is 1. The van der Waals surface area contributed by atoms with Gasteiger partial charge in [0.25, 0.3) is 0 Å². The third kappa shape index (κ3) is 8.15. The zero-order valence-corrected chi connectivity index (χ0v) is 24.6. The zero-order chi connectivity index (χ0) is 27.2. The molecule has 0 bridgehead atoms. The molecule has 2 aliphatic rings. The number of piperidine rings is 1. The lowest BCUT2D eigenvalue weighted by atomic mass is 9.74. The maximum Gasteiger partial charge on any atom is 0.243 e. The number of hydrogen-bond donors (Lipinski definition) is 1. The number of nitrogens with one attached hydrogen (secondary N) is 1. The summed E-state index contributed by atoms with van der Waals surface area (Å²) in [6.45, 7) is 8.40. The highest BCUT2D eigenvalue weighted by atomic mass is 32.2. The molecule has 1 aromatic carbocycles. The van der Waals surface area contributed by atoms with Crippen LogP contribution in [0.4, 0.5) is 0 Å². The van der Waals surface area contributed by atoms with Crippen molar-refractivity contribution in [1.82, 2.24) is 19.4 Å². The predicted octanol–water partition coefficient (Wildman–Crippen LogP) is 3.27. The fourth-order valence-electron chi connectivity index (χ4n) is 5.99. The molecule has 0 radical (unpaired) electrons. The van der Waals surface area contributed by atoms with E-state index in [2.05, 4.69) is 29.2 Å². The first kappa shape index (κ1) is 29.9. The van der Waals surface area contributed by atoms with Crippen LogP contribution in [0.5, 0.6) is 5.75 Å². The summed E-state index contributed by atoms with van der Waals surface area (Å²) in [6.07, 6.45) is 7.15. The number of likely N-dealkylation sites (tertiary alicyclic amines) is 1. The Bertz CT molecular complexity index is 974. The van der Waals surface area contributed by atoms with Crippen molar-refractivity contribution in [3.05, 3.63) is 23.3 Å². The van der Waals surface area contributed by atoms with Crippen LogP contribution >= 0.6 is 0 Å². The van der Waals surface area contributed by atoms with Gasteiger partial charge in [0.1, 0.15) is 5.75 Å². The van der Waals surface area contributed by atoms with Crippen molar-refractivity contribution >= 4 is 15.9 Å². The van der Waals surface area contributed by atoms with Gasteiger partial charge in [-0.3, -0.25) is 4.79 Å². The number of carbonyl (C=O) groups excluding carboxylic acids is 1. The van der Waals surface area contributed by atoms with Crippen molar-refractivity contribution in [2.45, 2.75) is 69.7 Å². The summed E-state index contributed by atoms with van der Waals surface area (Å²) < 4.78 is 32.9. The van der Waals surface area contributed by atoms with E-state index in [0.717, 1.165) is 37.8 Å². The molecular formula is C28H48N4O4S. The topological polar surface area (TPSA) is 82.2 Å². The van der Waals surface area contributed by atoms with Crippen LogP contribution in [0.1, 0.15) is 56.1 Å². The molecule has 0 atom stereocenters. The van der Waals surface area contributed by atoms with Crippen molar-refractivity contribution in [2.24, 2.45) is 11.8 Å². The number of hydrogen-bond acceptors (Lipinski definition) is 6. The van der Waals surface area contributed by atoms with Gasteiger partial charge in [0.2, 0.25) is 15.9 Å². The van der Waals surface area contributed by atoms with E-state index in [-0.39, 0.29) is 29.8 Å². The lowest BCUT2D eigenvalue weighted by Crippen LogP contribution is -2.42. The van der Waals surface area contributed by atoms with Gasteiger partial charge in [-0.25, -0.2) is 12.7 Å². The molecule has 0 spiro atoms. The SMILES string of the molecule is COc1cc(C)c(S(=O)(=O)N(C)CCC(=O)NC2CCC(C3CCN(CCN(C)C)CC3)CC2)c(C)c1. The largest absolute Gasteiger partial charge is 0.497 e. The van der Waals surface area contributed by atoms with Crippen LogP contribution in [0.2, 0.25) is 0 Å². The summed E-state index contributed by atoms with van der Waals surface area (Å²) in [5.41, 5.74) is 1.29. The van der Waals surface area contributed by atoms with E-state index < -0.39 is 10.0 Å². The second-order valence-corrected chi connectivity index (χ2v) is 13.3. The quantitative estimate of drug-likeness (QED) is 0.468. The minimum absolute atomic E-state index is 0.0668. The van der Waals surface area contributed by atoms with Crippen molar-refractivity contribution < 1.29 is 17.9 Å². The highest BCUT2D eigenvalue weighted by molar-refractivity contribution is 7.89. The van der Waals surface area contributed by atoms with Gasteiger partial charge in [-0.15, -0.1) is 0 Å². The lowest BCUT2D eigenvalue weighted by molar-refractivity contribution is -0.122. The van der Waals surface area contributed by atoms with Crippen LogP contribution in [-0.4, -0.2) is 95.4 Å². The smallest absolute Gasteiger partial charge is 0.243 e.